The summed E-state index contributed by atoms with van der Waals surface area (Å²) in [6.07, 6.45) is 1.72. The number of rotatable bonds is 3. The van der Waals surface area contributed by atoms with Gasteiger partial charge in [-0.1, -0.05) is 0 Å². The minimum Gasteiger partial charge on any atom is -0.393 e. The third-order valence-corrected chi connectivity index (χ3v) is 2.66. The number of aliphatic hydroxyl groups is 1. The molecule has 0 aliphatic carbocycles. The number of aryl methyl sites for hydroxylation is 2. The van der Waals surface area contributed by atoms with Gasteiger partial charge >= 0.3 is 0 Å². The first kappa shape index (κ1) is 8.75. The highest BCUT2D eigenvalue weighted by atomic mass is 32.1. The molecule has 0 fully saturated rings. The zero-order valence-electron chi connectivity index (χ0n) is 7.00. The standard InChI is InChI=1S/C9H14OS/c1-7(10)3-5-9-6-4-8(2)11-9/h4,6-7,10H,3,5H2,1-2H3/t7-/m1/s1. The fourth-order valence-electron chi connectivity index (χ4n) is 0.971. The van der Waals surface area contributed by atoms with E-state index < -0.39 is 0 Å². The van der Waals surface area contributed by atoms with Crippen molar-refractivity contribution in [2.45, 2.75) is 32.8 Å². The Bertz CT molecular complexity index is 215. The minimum atomic E-state index is -0.169. The van der Waals surface area contributed by atoms with Gasteiger partial charge < -0.3 is 5.11 Å². The largest absolute Gasteiger partial charge is 0.393 e. The van der Waals surface area contributed by atoms with Gasteiger partial charge in [0.25, 0.3) is 0 Å². The molecule has 0 spiro atoms. The fraction of sp³-hybridized carbons (Fsp3) is 0.556. The van der Waals surface area contributed by atoms with Crippen LogP contribution < -0.4 is 0 Å². The van der Waals surface area contributed by atoms with Crippen molar-refractivity contribution >= 4 is 11.3 Å². The predicted octanol–water partition coefficient (Wildman–Crippen LogP) is 2.37. The molecule has 0 saturated heterocycles. The van der Waals surface area contributed by atoms with Crippen molar-refractivity contribution in [2.24, 2.45) is 0 Å². The van der Waals surface area contributed by atoms with Crippen LogP contribution in [-0.2, 0) is 6.42 Å². The van der Waals surface area contributed by atoms with E-state index in [0.717, 1.165) is 12.8 Å². The smallest absolute Gasteiger partial charge is 0.0515 e. The van der Waals surface area contributed by atoms with Crippen LogP contribution in [-0.4, -0.2) is 11.2 Å². The SMILES string of the molecule is Cc1ccc(CC[C@@H](C)O)s1. The van der Waals surface area contributed by atoms with Crippen molar-refractivity contribution in [2.75, 3.05) is 0 Å². The van der Waals surface area contributed by atoms with E-state index in [2.05, 4.69) is 19.1 Å². The van der Waals surface area contributed by atoms with Crippen LogP contribution in [0.25, 0.3) is 0 Å². The molecule has 1 atom stereocenters. The van der Waals surface area contributed by atoms with Crippen molar-refractivity contribution in [3.63, 3.8) is 0 Å². The Kier molecular flexibility index (Phi) is 3.09. The van der Waals surface area contributed by atoms with E-state index in [9.17, 15) is 0 Å². The van der Waals surface area contributed by atoms with Gasteiger partial charge in [0.15, 0.2) is 0 Å². The van der Waals surface area contributed by atoms with Crippen LogP contribution in [0.1, 0.15) is 23.1 Å². The van der Waals surface area contributed by atoms with E-state index in [0.29, 0.717) is 0 Å². The molecule has 1 N–H and O–H groups in total. The summed E-state index contributed by atoms with van der Waals surface area (Å²) in [5.74, 6) is 0. The van der Waals surface area contributed by atoms with E-state index in [1.165, 1.54) is 9.75 Å². The minimum absolute atomic E-state index is 0.169. The summed E-state index contributed by atoms with van der Waals surface area (Å²) in [5, 5.41) is 9.03. The molecule has 2 heteroatoms. The average Bonchev–Trinajstić information content (AvgIpc) is 2.31. The van der Waals surface area contributed by atoms with Gasteiger partial charge in [-0.2, -0.15) is 0 Å². The molecule has 1 heterocycles. The number of aliphatic hydroxyl groups excluding tert-OH is 1. The Balaban J connectivity index is 2.39. The van der Waals surface area contributed by atoms with Crippen LogP contribution in [0.2, 0.25) is 0 Å². The summed E-state index contributed by atoms with van der Waals surface area (Å²) in [6.45, 7) is 3.94. The van der Waals surface area contributed by atoms with Crippen LogP contribution in [0.15, 0.2) is 12.1 Å². The highest BCUT2D eigenvalue weighted by Crippen LogP contribution is 2.17. The van der Waals surface area contributed by atoms with Gasteiger partial charge in [0.1, 0.15) is 0 Å². The maximum absolute atomic E-state index is 9.03. The van der Waals surface area contributed by atoms with Crippen LogP contribution in [0.4, 0.5) is 0 Å². The lowest BCUT2D eigenvalue weighted by Gasteiger charge is -2.00. The van der Waals surface area contributed by atoms with E-state index in [1.54, 1.807) is 0 Å². The first-order valence-corrected chi connectivity index (χ1v) is 4.73. The molecular formula is C9H14OS. The molecular weight excluding hydrogens is 156 g/mol. The molecule has 0 bridgehead atoms. The molecule has 1 aromatic rings. The monoisotopic (exact) mass is 170 g/mol. The molecule has 0 amide bonds. The molecule has 0 aromatic carbocycles. The van der Waals surface area contributed by atoms with E-state index in [-0.39, 0.29) is 6.10 Å². The van der Waals surface area contributed by atoms with Gasteiger partial charge in [-0.25, -0.2) is 0 Å². The number of thiophene rings is 1. The summed E-state index contributed by atoms with van der Waals surface area (Å²) in [5.41, 5.74) is 0. The Labute approximate surface area is 71.7 Å². The molecule has 1 nitrogen and oxygen atoms in total. The highest BCUT2D eigenvalue weighted by molar-refractivity contribution is 7.11. The zero-order chi connectivity index (χ0) is 8.27. The maximum Gasteiger partial charge on any atom is 0.0515 e. The highest BCUT2D eigenvalue weighted by Gasteiger charge is 1.99. The summed E-state index contributed by atoms with van der Waals surface area (Å²) < 4.78 is 0. The Morgan fingerprint density at radius 1 is 1.55 bits per heavy atom. The third-order valence-electron chi connectivity index (χ3n) is 1.60. The van der Waals surface area contributed by atoms with Gasteiger partial charge in [0, 0.05) is 9.75 Å². The van der Waals surface area contributed by atoms with Gasteiger partial charge in [0.05, 0.1) is 6.10 Å². The van der Waals surface area contributed by atoms with E-state index in [1.807, 2.05) is 18.3 Å². The summed E-state index contributed by atoms with van der Waals surface area (Å²) in [4.78, 5) is 2.73. The second kappa shape index (κ2) is 3.88. The zero-order valence-corrected chi connectivity index (χ0v) is 7.82. The van der Waals surface area contributed by atoms with Crippen molar-refractivity contribution < 1.29 is 5.11 Å². The summed E-state index contributed by atoms with van der Waals surface area (Å²) in [7, 11) is 0. The molecule has 11 heavy (non-hydrogen) atoms. The van der Waals surface area contributed by atoms with E-state index >= 15 is 0 Å². The van der Waals surface area contributed by atoms with Gasteiger partial charge in [-0.05, 0) is 38.8 Å². The normalized spacial score (nSPS) is 13.4. The van der Waals surface area contributed by atoms with Crippen molar-refractivity contribution in [1.29, 1.82) is 0 Å². The number of hydrogen-bond acceptors (Lipinski definition) is 2. The van der Waals surface area contributed by atoms with Crippen LogP contribution in [0.5, 0.6) is 0 Å². The first-order chi connectivity index (χ1) is 5.18. The molecule has 0 aliphatic heterocycles. The summed E-state index contributed by atoms with van der Waals surface area (Å²) >= 11 is 1.82. The molecule has 62 valence electrons. The first-order valence-electron chi connectivity index (χ1n) is 3.92. The maximum atomic E-state index is 9.03. The predicted molar refractivity (Wildman–Crippen MR) is 49.1 cm³/mol. The van der Waals surface area contributed by atoms with Gasteiger partial charge in [-0.3, -0.25) is 0 Å². The van der Waals surface area contributed by atoms with Crippen molar-refractivity contribution in [3.8, 4) is 0 Å². The Morgan fingerprint density at radius 3 is 2.73 bits per heavy atom. The second-order valence-corrected chi connectivity index (χ2v) is 4.27. The van der Waals surface area contributed by atoms with Crippen LogP contribution in [0, 0.1) is 6.92 Å². The lowest BCUT2D eigenvalue weighted by Crippen LogP contribution is -1.99. The molecule has 1 aromatic heterocycles. The van der Waals surface area contributed by atoms with Crippen LogP contribution in [0.3, 0.4) is 0 Å². The van der Waals surface area contributed by atoms with Crippen molar-refractivity contribution in [3.05, 3.63) is 21.9 Å². The summed E-state index contributed by atoms with van der Waals surface area (Å²) in [6, 6.07) is 4.27. The average molecular weight is 170 g/mol. The van der Waals surface area contributed by atoms with Crippen molar-refractivity contribution in [1.82, 2.24) is 0 Å². The topological polar surface area (TPSA) is 20.2 Å². The molecule has 0 unspecified atom stereocenters. The third kappa shape index (κ3) is 3.04. The van der Waals surface area contributed by atoms with E-state index in [4.69, 9.17) is 5.11 Å². The van der Waals surface area contributed by atoms with Gasteiger partial charge in [-0.15, -0.1) is 11.3 Å². The molecule has 0 radical (unpaired) electrons. The molecule has 0 saturated carbocycles. The lowest BCUT2D eigenvalue weighted by molar-refractivity contribution is 0.185. The van der Waals surface area contributed by atoms with Crippen LogP contribution >= 0.6 is 11.3 Å². The fourth-order valence-corrected chi connectivity index (χ4v) is 1.88. The quantitative estimate of drug-likeness (QED) is 0.738. The molecule has 1 rings (SSSR count). The Morgan fingerprint density at radius 2 is 2.27 bits per heavy atom. The van der Waals surface area contributed by atoms with Gasteiger partial charge in [0.2, 0.25) is 0 Å². The molecule has 0 aliphatic rings. The lowest BCUT2D eigenvalue weighted by atomic mass is 10.2. The Hall–Kier alpha value is -0.340. The second-order valence-electron chi connectivity index (χ2n) is 2.90. The number of hydrogen-bond donors (Lipinski definition) is 1.